The number of nitrogens with one attached hydrogen (secondary N) is 1. The van der Waals surface area contributed by atoms with Crippen molar-refractivity contribution in [1.29, 1.82) is 0 Å². The van der Waals surface area contributed by atoms with Gasteiger partial charge in [0, 0.05) is 18.7 Å². The number of nitrogens with zero attached hydrogens (tertiary/aromatic N) is 4. The highest BCUT2D eigenvalue weighted by Crippen LogP contribution is 2.16. The van der Waals surface area contributed by atoms with Gasteiger partial charge in [-0.3, -0.25) is 4.79 Å². The minimum Gasteiger partial charge on any atom is -0.508 e. The van der Waals surface area contributed by atoms with Crippen LogP contribution in [0.2, 0.25) is 0 Å². The van der Waals surface area contributed by atoms with E-state index in [4.69, 9.17) is 0 Å². The minimum atomic E-state index is -0.438. The Morgan fingerprint density at radius 2 is 2.08 bits per heavy atom. The Bertz CT molecular complexity index is 1120. The average molecular weight is 337 g/mol. The smallest absolute Gasteiger partial charge is 0.258 e. The number of rotatable bonds is 3. The van der Waals surface area contributed by atoms with Gasteiger partial charge in [0.25, 0.3) is 5.56 Å². The molecule has 0 radical (unpaired) electrons. The summed E-state index contributed by atoms with van der Waals surface area (Å²) in [5.74, 6) is 0.557. The molecule has 0 aliphatic rings. The van der Waals surface area contributed by atoms with Crippen molar-refractivity contribution in [3.8, 4) is 11.6 Å². The third-order valence-electron chi connectivity index (χ3n) is 3.71. The van der Waals surface area contributed by atoms with Crippen molar-refractivity contribution in [2.45, 2.75) is 6.42 Å². The van der Waals surface area contributed by atoms with E-state index in [9.17, 15) is 14.3 Å². The summed E-state index contributed by atoms with van der Waals surface area (Å²) in [7, 11) is 0. The lowest BCUT2D eigenvalue weighted by molar-refractivity contribution is 0.476. The molecule has 0 spiro atoms. The third-order valence-corrected chi connectivity index (χ3v) is 3.71. The highest BCUT2D eigenvalue weighted by atomic mass is 19.1. The number of fused-ring (bicyclic) bond motifs is 1. The van der Waals surface area contributed by atoms with Crippen LogP contribution in [0.1, 0.15) is 11.4 Å². The van der Waals surface area contributed by atoms with Gasteiger partial charge in [0.2, 0.25) is 0 Å². The molecule has 0 bridgehead atoms. The summed E-state index contributed by atoms with van der Waals surface area (Å²) in [6.07, 6.45) is 4.31. The molecule has 1 aromatic carbocycles. The van der Waals surface area contributed by atoms with Crippen LogP contribution in [0.3, 0.4) is 0 Å². The molecule has 4 rings (SSSR count). The number of H-pyrrole nitrogens is 1. The summed E-state index contributed by atoms with van der Waals surface area (Å²) in [4.78, 5) is 23.4. The zero-order chi connectivity index (χ0) is 17.4. The van der Waals surface area contributed by atoms with Crippen molar-refractivity contribution in [3.63, 3.8) is 0 Å². The molecule has 25 heavy (non-hydrogen) atoms. The molecule has 3 aromatic heterocycles. The molecular weight excluding hydrogens is 325 g/mol. The maximum absolute atomic E-state index is 13.0. The minimum absolute atomic E-state index is 0.0500. The molecule has 0 unspecified atom stereocenters. The number of benzene rings is 1. The zero-order valence-electron chi connectivity index (χ0n) is 12.8. The van der Waals surface area contributed by atoms with Gasteiger partial charge < -0.3 is 10.1 Å². The summed E-state index contributed by atoms with van der Waals surface area (Å²) in [5, 5.41) is 13.8. The number of phenolic OH excluding ortho intramolecular Hbond substituents is 1. The molecule has 0 saturated carbocycles. The fourth-order valence-corrected chi connectivity index (χ4v) is 2.54. The summed E-state index contributed by atoms with van der Waals surface area (Å²) in [6.45, 7) is 0. The Morgan fingerprint density at radius 1 is 1.20 bits per heavy atom. The van der Waals surface area contributed by atoms with Gasteiger partial charge in [0.1, 0.15) is 11.6 Å². The first-order valence-corrected chi connectivity index (χ1v) is 7.46. The first-order chi connectivity index (χ1) is 12.1. The van der Waals surface area contributed by atoms with Crippen LogP contribution in [0, 0.1) is 5.82 Å². The van der Waals surface area contributed by atoms with Crippen LogP contribution < -0.4 is 5.56 Å². The average Bonchev–Trinajstić information content (AvgIpc) is 3.01. The Hall–Kier alpha value is -3.55. The predicted molar refractivity (Wildman–Crippen MR) is 88.2 cm³/mol. The first kappa shape index (κ1) is 15.0. The predicted octanol–water partition coefficient (Wildman–Crippen LogP) is 1.94. The number of hydrogen-bond donors (Lipinski definition) is 2. The summed E-state index contributed by atoms with van der Waals surface area (Å²) < 4.78 is 14.3. The van der Waals surface area contributed by atoms with Crippen LogP contribution in [-0.2, 0) is 6.42 Å². The van der Waals surface area contributed by atoms with Crippen molar-refractivity contribution in [2.24, 2.45) is 0 Å². The first-order valence-electron chi connectivity index (χ1n) is 7.46. The largest absolute Gasteiger partial charge is 0.508 e. The molecule has 0 saturated heterocycles. The molecular formula is C17H12FN5O2. The monoisotopic (exact) mass is 337 g/mol. The summed E-state index contributed by atoms with van der Waals surface area (Å²) in [6, 6.07) is 7.92. The molecule has 2 N–H and O–H groups in total. The number of halogens is 1. The SMILES string of the molecule is O=c1[nH]c(Cc2ccc(-n3cc(F)cn3)nc2)nc2cc(O)ccc12. The Labute approximate surface area is 140 Å². The van der Waals surface area contributed by atoms with E-state index in [2.05, 4.69) is 20.1 Å². The maximum atomic E-state index is 13.0. The van der Waals surface area contributed by atoms with E-state index in [1.54, 1.807) is 18.3 Å². The van der Waals surface area contributed by atoms with Crippen molar-refractivity contribution in [1.82, 2.24) is 24.7 Å². The zero-order valence-corrected chi connectivity index (χ0v) is 12.8. The van der Waals surface area contributed by atoms with Crippen LogP contribution in [0.15, 0.2) is 53.7 Å². The van der Waals surface area contributed by atoms with E-state index in [0.29, 0.717) is 29.0 Å². The number of aromatic hydroxyl groups is 1. The van der Waals surface area contributed by atoms with E-state index < -0.39 is 5.82 Å². The highest BCUT2D eigenvalue weighted by Gasteiger charge is 2.07. The van der Waals surface area contributed by atoms with Gasteiger partial charge in [-0.1, -0.05) is 6.07 Å². The van der Waals surface area contributed by atoms with Crippen LogP contribution >= 0.6 is 0 Å². The lowest BCUT2D eigenvalue weighted by Crippen LogP contribution is -2.12. The second-order valence-electron chi connectivity index (χ2n) is 5.52. The molecule has 4 aromatic rings. The van der Waals surface area contributed by atoms with Gasteiger partial charge in [-0.15, -0.1) is 0 Å². The Morgan fingerprint density at radius 3 is 2.80 bits per heavy atom. The van der Waals surface area contributed by atoms with E-state index in [1.807, 2.05) is 0 Å². The van der Waals surface area contributed by atoms with Crippen LogP contribution in [-0.4, -0.2) is 29.8 Å². The number of pyridine rings is 1. The van der Waals surface area contributed by atoms with Crippen molar-refractivity contribution >= 4 is 10.9 Å². The molecule has 0 atom stereocenters. The highest BCUT2D eigenvalue weighted by molar-refractivity contribution is 5.78. The molecule has 8 heteroatoms. The van der Waals surface area contributed by atoms with Gasteiger partial charge in [0.05, 0.1) is 23.3 Å². The quantitative estimate of drug-likeness (QED) is 0.595. The lowest BCUT2D eigenvalue weighted by atomic mass is 10.2. The van der Waals surface area contributed by atoms with Crippen molar-refractivity contribution < 1.29 is 9.50 Å². The second kappa shape index (κ2) is 5.82. The Balaban J connectivity index is 1.63. The summed E-state index contributed by atoms with van der Waals surface area (Å²) >= 11 is 0. The third kappa shape index (κ3) is 2.97. The van der Waals surface area contributed by atoms with E-state index in [-0.39, 0.29) is 11.3 Å². The molecule has 124 valence electrons. The van der Waals surface area contributed by atoms with Crippen molar-refractivity contribution in [2.75, 3.05) is 0 Å². The number of aromatic nitrogens is 5. The Kier molecular flexibility index (Phi) is 3.50. The van der Waals surface area contributed by atoms with Crippen LogP contribution in [0.4, 0.5) is 4.39 Å². The molecule has 0 aliphatic heterocycles. The van der Waals surface area contributed by atoms with E-state index in [0.717, 1.165) is 11.8 Å². The van der Waals surface area contributed by atoms with E-state index in [1.165, 1.54) is 29.1 Å². The molecule has 7 nitrogen and oxygen atoms in total. The fraction of sp³-hybridized carbons (Fsp3) is 0.0588. The molecule has 0 aliphatic carbocycles. The second-order valence-corrected chi connectivity index (χ2v) is 5.52. The number of phenols is 1. The number of hydrogen-bond acceptors (Lipinski definition) is 5. The van der Waals surface area contributed by atoms with Gasteiger partial charge in [-0.05, 0) is 23.8 Å². The maximum Gasteiger partial charge on any atom is 0.258 e. The van der Waals surface area contributed by atoms with Crippen molar-refractivity contribution in [3.05, 3.63) is 76.5 Å². The topological polar surface area (TPSA) is 96.7 Å². The van der Waals surface area contributed by atoms with Gasteiger partial charge >= 0.3 is 0 Å². The van der Waals surface area contributed by atoms with E-state index >= 15 is 0 Å². The fourth-order valence-electron chi connectivity index (χ4n) is 2.54. The molecule has 3 heterocycles. The van der Waals surface area contributed by atoms with Crippen LogP contribution in [0.25, 0.3) is 16.7 Å². The van der Waals surface area contributed by atoms with Gasteiger partial charge in [-0.2, -0.15) is 5.10 Å². The molecule has 0 fully saturated rings. The summed E-state index contributed by atoms with van der Waals surface area (Å²) in [5.41, 5.74) is 0.978. The molecule has 0 amide bonds. The van der Waals surface area contributed by atoms with Gasteiger partial charge in [0.15, 0.2) is 11.6 Å². The van der Waals surface area contributed by atoms with Gasteiger partial charge in [-0.25, -0.2) is 19.0 Å². The van der Waals surface area contributed by atoms with Crippen LogP contribution in [0.5, 0.6) is 5.75 Å². The lowest BCUT2D eigenvalue weighted by Gasteiger charge is -2.05. The normalized spacial score (nSPS) is 11.1. The number of aromatic amines is 1. The standard InChI is InChI=1S/C17H12FN5O2/c18-11-8-20-23(9-11)16-4-1-10(7-19-16)5-15-21-14-6-12(24)2-3-13(14)17(25)22-15/h1-4,6-9,24H,5H2,(H,21,22,25).